The van der Waals surface area contributed by atoms with Gasteiger partial charge in [0.25, 0.3) is 0 Å². The molecule has 0 bridgehead atoms. The average molecular weight is 442 g/mol. The second-order valence-electron chi connectivity index (χ2n) is 7.75. The van der Waals surface area contributed by atoms with Crippen LogP contribution in [0, 0.1) is 5.82 Å². The first-order valence-electron chi connectivity index (χ1n) is 10.3. The lowest BCUT2D eigenvalue weighted by Crippen LogP contribution is -2.27. The summed E-state index contributed by atoms with van der Waals surface area (Å²) >= 11 is 5.95. The van der Waals surface area contributed by atoms with Gasteiger partial charge in [-0.05, 0) is 59.9 Å². The second-order valence-corrected chi connectivity index (χ2v) is 8.19. The quantitative estimate of drug-likeness (QED) is 0.513. The van der Waals surface area contributed by atoms with Crippen LogP contribution in [0.15, 0.2) is 60.8 Å². The lowest BCUT2D eigenvalue weighted by atomic mass is 9.97. The number of aromatic nitrogens is 1. The van der Waals surface area contributed by atoms with Gasteiger partial charge in [-0.3, -0.25) is 0 Å². The van der Waals surface area contributed by atoms with E-state index in [0.29, 0.717) is 17.3 Å². The van der Waals surface area contributed by atoms with E-state index in [4.69, 9.17) is 11.6 Å². The molecule has 5 nitrogen and oxygen atoms in total. The van der Waals surface area contributed by atoms with Crippen LogP contribution >= 0.6 is 11.6 Å². The van der Waals surface area contributed by atoms with Gasteiger partial charge in [0.2, 0.25) is 0 Å². The predicted octanol–water partition coefficient (Wildman–Crippen LogP) is 4.18. The number of anilines is 2. The van der Waals surface area contributed by atoms with Crippen molar-refractivity contribution in [3.8, 4) is 0 Å². The molecule has 0 radical (unpaired) electrons. The minimum Gasteiger partial charge on any atom is -0.396 e. The molecule has 0 spiro atoms. The first-order valence-corrected chi connectivity index (χ1v) is 10.7. The molecule has 4 rings (SSSR count). The highest BCUT2D eigenvalue weighted by Crippen LogP contribution is 2.31. The van der Waals surface area contributed by atoms with Gasteiger partial charge in [-0.15, -0.1) is 0 Å². The Morgan fingerprint density at radius 2 is 1.90 bits per heavy atom. The van der Waals surface area contributed by atoms with Crippen molar-refractivity contribution in [3.63, 3.8) is 0 Å². The number of nitrogens with one attached hydrogen (secondary N) is 1. The smallest absolute Gasteiger partial charge is 0.141 e. The van der Waals surface area contributed by atoms with Crippen LogP contribution in [0.4, 0.5) is 15.9 Å². The van der Waals surface area contributed by atoms with Crippen LogP contribution in [0.5, 0.6) is 0 Å². The molecule has 1 aliphatic rings. The van der Waals surface area contributed by atoms with Gasteiger partial charge in [0.1, 0.15) is 17.7 Å². The summed E-state index contributed by atoms with van der Waals surface area (Å²) < 4.78 is 13.1. The molecule has 1 saturated heterocycles. The summed E-state index contributed by atoms with van der Waals surface area (Å²) in [5.41, 5.74) is 3.59. The Hall–Kier alpha value is -2.67. The van der Waals surface area contributed by atoms with E-state index in [2.05, 4.69) is 15.2 Å². The fourth-order valence-electron chi connectivity index (χ4n) is 4.01. The zero-order chi connectivity index (χ0) is 21.8. The van der Waals surface area contributed by atoms with Crippen LogP contribution in [0.25, 0.3) is 0 Å². The largest absolute Gasteiger partial charge is 0.396 e. The van der Waals surface area contributed by atoms with E-state index in [1.54, 1.807) is 18.2 Å². The molecule has 2 atom stereocenters. The van der Waals surface area contributed by atoms with E-state index in [9.17, 15) is 14.6 Å². The maximum absolute atomic E-state index is 13.1. The molecule has 2 aromatic carbocycles. The van der Waals surface area contributed by atoms with Gasteiger partial charge < -0.3 is 20.4 Å². The zero-order valence-electron chi connectivity index (χ0n) is 17.0. The first-order chi connectivity index (χ1) is 15.0. The molecule has 1 unspecified atom stereocenters. The number of halogens is 2. The summed E-state index contributed by atoms with van der Waals surface area (Å²) in [4.78, 5) is 6.35. The number of nitrogens with zero attached hydrogens (tertiary/aromatic N) is 2. The molecular formula is C24H25ClFN3O2. The third kappa shape index (κ3) is 5.15. The molecule has 0 aliphatic carbocycles. The summed E-state index contributed by atoms with van der Waals surface area (Å²) in [6.45, 7) is 1.66. The summed E-state index contributed by atoms with van der Waals surface area (Å²) in [7, 11) is 0. The molecular weight excluding hydrogens is 417 g/mol. The Bertz CT molecular complexity index is 1010. The fourth-order valence-corrected chi connectivity index (χ4v) is 4.14. The van der Waals surface area contributed by atoms with Crippen LogP contribution < -0.4 is 10.2 Å². The Morgan fingerprint density at radius 3 is 2.61 bits per heavy atom. The van der Waals surface area contributed by atoms with E-state index in [1.807, 2.05) is 30.3 Å². The van der Waals surface area contributed by atoms with E-state index in [0.717, 1.165) is 41.9 Å². The maximum atomic E-state index is 13.1. The third-order valence-electron chi connectivity index (χ3n) is 5.59. The molecule has 1 fully saturated rings. The number of pyridine rings is 1. The van der Waals surface area contributed by atoms with E-state index in [-0.39, 0.29) is 18.5 Å². The molecule has 1 aliphatic heterocycles. The lowest BCUT2D eigenvalue weighted by molar-refractivity contribution is 0.220. The standard InChI is InChI=1S/C24H25ClFN3O2/c25-19-4-1-16(2-5-19)24(31)18-3-7-22(17(13-18)10-12-30)29-11-9-21(15-29)28-23-8-6-20(26)14-27-23/h1-8,13-14,21,24,30-31H,9-12,15H2,(H,27,28)/t21-,24?/m0/s1. The molecule has 1 aromatic heterocycles. The minimum atomic E-state index is -0.763. The molecule has 7 heteroatoms. The number of hydrogen-bond donors (Lipinski definition) is 3. The topological polar surface area (TPSA) is 68.6 Å². The first kappa shape index (κ1) is 21.6. The Kier molecular flexibility index (Phi) is 6.70. The minimum absolute atomic E-state index is 0.0303. The van der Waals surface area contributed by atoms with Crippen molar-refractivity contribution in [3.05, 3.63) is 88.3 Å². The zero-order valence-corrected chi connectivity index (χ0v) is 17.8. The summed E-state index contributed by atoms with van der Waals surface area (Å²) in [5, 5.41) is 24.4. The van der Waals surface area contributed by atoms with Crippen molar-refractivity contribution in [2.45, 2.75) is 25.0 Å². The fraction of sp³-hybridized carbons (Fsp3) is 0.292. The van der Waals surface area contributed by atoms with Crippen LogP contribution in [0.3, 0.4) is 0 Å². The van der Waals surface area contributed by atoms with Crippen molar-refractivity contribution in [1.82, 2.24) is 4.98 Å². The van der Waals surface area contributed by atoms with Crippen molar-refractivity contribution in [2.75, 3.05) is 29.9 Å². The summed E-state index contributed by atoms with van der Waals surface area (Å²) in [5.74, 6) is 0.304. The molecule has 3 N–H and O–H groups in total. The van der Waals surface area contributed by atoms with Gasteiger partial charge in [0, 0.05) is 36.4 Å². The Morgan fingerprint density at radius 1 is 1.13 bits per heavy atom. The van der Waals surface area contributed by atoms with Crippen LogP contribution in [-0.4, -0.2) is 40.9 Å². The number of hydrogen-bond acceptors (Lipinski definition) is 5. The highest BCUT2D eigenvalue weighted by molar-refractivity contribution is 6.30. The van der Waals surface area contributed by atoms with Gasteiger partial charge in [-0.1, -0.05) is 35.9 Å². The highest BCUT2D eigenvalue weighted by atomic mass is 35.5. The molecule has 162 valence electrons. The predicted molar refractivity (Wildman–Crippen MR) is 121 cm³/mol. The second kappa shape index (κ2) is 9.64. The Balaban J connectivity index is 1.50. The van der Waals surface area contributed by atoms with E-state index < -0.39 is 6.10 Å². The summed E-state index contributed by atoms with van der Waals surface area (Å²) in [6.07, 6.45) is 1.87. The van der Waals surface area contributed by atoms with Crippen molar-refractivity contribution in [2.24, 2.45) is 0 Å². The molecule has 31 heavy (non-hydrogen) atoms. The van der Waals surface area contributed by atoms with Gasteiger partial charge in [0.15, 0.2) is 0 Å². The van der Waals surface area contributed by atoms with E-state index >= 15 is 0 Å². The average Bonchev–Trinajstić information content (AvgIpc) is 3.24. The SMILES string of the molecule is OCCc1cc(C(O)c2ccc(Cl)cc2)ccc1N1CC[C@H](Nc2ccc(F)cn2)C1. The Labute approximate surface area is 186 Å². The van der Waals surface area contributed by atoms with Crippen molar-refractivity contribution in [1.29, 1.82) is 0 Å². The van der Waals surface area contributed by atoms with Gasteiger partial charge in [-0.2, -0.15) is 0 Å². The number of rotatable bonds is 7. The van der Waals surface area contributed by atoms with Crippen LogP contribution in [-0.2, 0) is 6.42 Å². The van der Waals surface area contributed by atoms with Gasteiger partial charge in [0.05, 0.1) is 6.20 Å². The van der Waals surface area contributed by atoms with Gasteiger partial charge in [-0.25, -0.2) is 9.37 Å². The number of aliphatic hydroxyl groups is 2. The number of aliphatic hydroxyl groups excluding tert-OH is 2. The molecule has 0 saturated carbocycles. The third-order valence-corrected chi connectivity index (χ3v) is 5.85. The monoisotopic (exact) mass is 441 g/mol. The summed E-state index contributed by atoms with van der Waals surface area (Å²) in [6, 6.07) is 16.3. The molecule has 2 heterocycles. The molecule has 3 aromatic rings. The normalized spacial score (nSPS) is 17.0. The maximum Gasteiger partial charge on any atom is 0.141 e. The number of benzene rings is 2. The lowest BCUT2D eigenvalue weighted by Gasteiger charge is -2.24. The van der Waals surface area contributed by atoms with E-state index in [1.165, 1.54) is 12.3 Å². The molecule has 0 amide bonds. The van der Waals surface area contributed by atoms with Crippen molar-refractivity contribution < 1.29 is 14.6 Å². The van der Waals surface area contributed by atoms with Crippen LogP contribution in [0.1, 0.15) is 29.2 Å². The van der Waals surface area contributed by atoms with Crippen LogP contribution in [0.2, 0.25) is 5.02 Å². The van der Waals surface area contributed by atoms with Gasteiger partial charge >= 0.3 is 0 Å². The highest BCUT2D eigenvalue weighted by Gasteiger charge is 2.25. The van der Waals surface area contributed by atoms with Crippen molar-refractivity contribution >= 4 is 23.1 Å².